The second-order valence-corrected chi connectivity index (χ2v) is 5.31. The zero-order valence-electron chi connectivity index (χ0n) is 12.9. The van der Waals surface area contributed by atoms with E-state index in [-0.39, 0.29) is 11.3 Å². The lowest BCUT2D eigenvalue weighted by Gasteiger charge is -2.21. The summed E-state index contributed by atoms with van der Waals surface area (Å²) in [6.45, 7) is 0. The molecule has 24 heavy (non-hydrogen) atoms. The first kappa shape index (κ1) is 15.7. The van der Waals surface area contributed by atoms with Crippen molar-refractivity contribution in [2.45, 2.75) is 6.04 Å². The van der Waals surface area contributed by atoms with Crippen LogP contribution in [0.3, 0.4) is 0 Å². The van der Waals surface area contributed by atoms with Crippen LogP contribution in [0.25, 0.3) is 0 Å². The molecule has 4 nitrogen and oxygen atoms in total. The van der Waals surface area contributed by atoms with Gasteiger partial charge in [-0.2, -0.15) is 5.26 Å². The van der Waals surface area contributed by atoms with Gasteiger partial charge in [0.2, 0.25) is 0 Å². The lowest BCUT2D eigenvalue weighted by Crippen LogP contribution is -2.18. The van der Waals surface area contributed by atoms with Crippen molar-refractivity contribution in [2.24, 2.45) is 7.05 Å². The summed E-state index contributed by atoms with van der Waals surface area (Å²) in [5, 5.41) is 11.7. The van der Waals surface area contributed by atoms with Crippen LogP contribution in [0.1, 0.15) is 23.0 Å². The molecule has 0 aliphatic carbocycles. The van der Waals surface area contributed by atoms with Crippen LogP contribution >= 0.6 is 0 Å². The monoisotopic (exact) mass is 324 g/mol. The van der Waals surface area contributed by atoms with E-state index >= 15 is 0 Å². The van der Waals surface area contributed by atoms with E-state index in [0.717, 1.165) is 17.7 Å². The van der Waals surface area contributed by atoms with E-state index in [0.29, 0.717) is 5.82 Å². The number of rotatable bonds is 4. The summed E-state index contributed by atoms with van der Waals surface area (Å²) in [6, 6.07) is 12.5. The molecule has 0 bridgehead atoms. The Hall–Kier alpha value is -3.20. The number of hydrogen-bond acceptors (Lipinski definition) is 3. The molecule has 0 saturated heterocycles. The molecule has 6 heteroatoms. The molecule has 3 aromatic rings. The van der Waals surface area contributed by atoms with Crippen molar-refractivity contribution in [1.82, 2.24) is 9.55 Å². The van der Waals surface area contributed by atoms with Crippen LogP contribution < -0.4 is 5.32 Å². The van der Waals surface area contributed by atoms with E-state index in [1.54, 1.807) is 23.0 Å². The summed E-state index contributed by atoms with van der Waals surface area (Å²) in [6.07, 6.45) is 3.39. The van der Waals surface area contributed by atoms with Gasteiger partial charge in [-0.3, -0.25) is 0 Å². The predicted molar refractivity (Wildman–Crippen MR) is 86.2 cm³/mol. The van der Waals surface area contributed by atoms with Gasteiger partial charge in [-0.15, -0.1) is 0 Å². The van der Waals surface area contributed by atoms with E-state index < -0.39 is 17.7 Å². The Morgan fingerprint density at radius 2 is 1.83 bits per heavy atom. The Bertz CT molecular complexity index is 874. The van der Waals surface area contributed by atoms with Crippen molar-refractivity contribution in [3.63, 3.8) is 0 Å². The van der Waals surface area contributed by atoms with Crippen LogP contribution in [-0.4, -0.2) is 9.55 Å². The number of benzene rings is 2. The second kappa shape index (κ2) is 6.50. The molecule has 0 unspecified atom stereocenters. The van der Waals surface area contributed by atoms with E-state index in [1.807, 2.05) is 37.4 Å². The van der Waals surface area contributed by atoms with E-state index in [4.69, 9.17) is 5.26 Å². The maximum absolute atomic E-state index is 14.2. The predicted octanol–water partition coefficient (Wildman–Crippen LogP) is 3.77. The molecule has 1 atom stereocenters. The van der Waals surface area contributed by atoms with E-state index in [9.17, 15) is 8.78 Å². The zero-order chi connectivity index (χ0) is 17.1. The molecule has 0 fully saturated rings. The summed E-state index contributed by atoms with van der Waals surface area (Å²) < 4.78 is 30.3. The Morgan fingerprint density at radius 3 is 2.38 bits per heavy atom. The van der Waals surface area contributed by atoms with Crippen LogP contribution in [0.15, 0.2) is 54.9 Å². The molecule has 0 amide bonds. The first-order valence-electron chi connectivity index (χ1n) is 7.28. The molecule has 1 N–H and O–H groups in total. The molecule has 0 radical (unpaired) electrons. The lowest BCUT2D eigenvalue weighted by atomic mass is 10.1. The lowest BCUT2D eigenvalue weighted by molar-refractivity contribution is 0.583. The van der Waals surface area contributed by atoms with Crippen LogP contribution in [0, 0.1) is 23.0 Å². The molecule has 0 spiro atoms. The molecule has 2 aromatic carbocycles. The van der Waals surface area contributed by atoms with Gasteiger partial charge >= 0.3 is 0 Å². The molecule has 1 heterocycles. The van der Waals surface area contributed by atoms with Crippen molar-refractivity contribution in [3.05, 3.63) is 83.4 Å². The molecule has 0 aliphatic rings. The fourth-order valence-corrected chi connectivity index (χ4v) is 2.52. The van der Waals surface area contributed by atoms with Gasteiger partial charge in [0.1, 0.15) is 17.6 Å². The molecule has 0 aliphatic heterocycles. The van der Waals surface area contributed by atoms with Gasteiger partial charge in [-0.05, 0) is 17.7 Å². The number of imidazole rings is 1. The SMILES string of the molecule is Cn1ccnc1[C@H](Nc1c(F)cc(C#N)cc1F)c1ccccc1. The highest BCUT2D eigenvalue weighted by atomic mass is 19.1. The summed E-state index contributed by atoms with van der Waals surface area (Å²) in [5.74, 6) is -1.02. The van der Waals surface area contributed by atoms with Crippen molar-refractivity contribution >= 4 is 5.69 Å². The van der Waals surface area contributed by atoms with Crippen molar-refractivity contribution < 1.29 is 8.78 Å². The molecule has 3 rings (SSSR count). The van der Waals surface area contributed by atoms with Crippen LogP contribution in [0.2, 0.25) is 0 Å². The normalized spacial score (nSPS) is 11.8. The molecule has 120 valence electrons. The van der Waals surface area contributed by atoms with Crippen LogP contribution in [0.5, 0.6) is 0 Å². The number of aryl methyl sites for hydroxylation is 1. The van der Waals surface area contributed by atoms with E-state index in [2.05, 4.69) is 10.3 Å². The quantitative estimate of drug-likeness (QED) is 0.795. The van der Waals surface area contributed by atoms with Crippen molar-refractivity contribution in [3.8, 4) is 6.07 Å². The van der Waals surface area contributed by atoms with Crippen molar-refractivity contribution in [1.29, 1.82) is 5.26 Å². The number of nitrogens with zero attached hydrogens (tertiary/aromatic N) is 3. The Morgan fingerprint density at radius 1 is 1.17 bits per heavy atom. The number of halogens is 2. The molecular formula is C18H14F2N4. The standard InChI is InChI=1S/C18H14F2N4/c1-24-8-7-22-18(24)16(13-5-3-2-4-6-13)23-17-14(19)9-12(11-21)10-15(17)20/h2-10,16,23H,1H3/t16-/m1/s1. The minimum absolute atomic E-state index is 0.0659. The Labute approximate surface area is 138 Å². The fourth-order valence-electron chi connectivity index (χ4n) is 2.52. The van der Waals surface area contributed by atoms with Gasteiger partial charge in [0.05, 0.1) is 11.6 Å². The molecule has 1 aromatic heterocycles. The highest BCUT2D eigenvalue weighted by Crippen LogP contribution is 2.29. The Kier molecular flexibility index (Phi) is 4.25. The highest BCUT2D eigenvalue weighted by Gasteiger charge is 2.22. The largest absolute Gasteiger partial charge is 0.367 e. The molecule has 0 saturated carbocycles. The first-order chi connectivity index (χ1) is 11.6. The highest BCUT2D eigenvalue weighted by molar-refractivity contribution is 5.53. The fraction of sp³-hybridized carbons (Fsp3) is 0.111. The van der Waals surface area contributed by atoms with Crippen molar-refractivity contribution in [2.75, 3.05) is 5.32 Å². The summed E-state index contributed by atoms with van der Waals surface area (Å²) in [5.41, 5.74) is 0.463. The van der Waals surface area contributed by atoms with Gasteiger partial charge in [0, 0.05) is 19.4 Å². The summed E-state index contributed by atoms with van der Waals surface area (Å²) in [4.78, 5) is 4.28. The average Bonchev–Trinajstić information content (AvgIpc) is 3.01. The summed E-state index contributed by atoms with van der Waals surface area (Å²) >= 11 is 0. The van der Waals surface area contributed by atoms with Gasteiger partial charge < -0.3 is 9.88 Å². The minimum atomic E-state index is -0.818. The Balaban J connectivity index is 2.06. The maximum Gasteiger partial charge on any atom is 0.150 e. The third-order valence-electron chi connectivity index (χ3n) is 3.71. The third-order valence-corrected chi connectivity index (χ3v) is 3.71. The first-order valence-corrected chi connectivity index (χ1v) is 7.28. The topological polar surface area (TPSA) is 53.6 Å². The van der Waals surface area contributed by atoms with E-state index in [1.165, 1.54) is 0 Å². The number of nitrogens with one attached hydrogen (secondary N) is 1. The van der Waals surface area contributed by atoms with Crippen LogP contribution in [-0.2, 0) is 7.05 Å². The van der Waals surface area contributed by atoms with Gasteiger partial charge in [-0.25, -0.2) is 13.8 Å². The average molecular weight is 324 g/mol. The third kappa shape index (κ3) is 2.97. The number of anilines is 1. The zero-order valence-corrected chi connectivity index (χ0v) is 12.9. The molecular weight excluding hydrogens is 310 g/mol. The van der Waals surface area contributed by atoms with Gasteiger partial charge in [0.15, 0.2) is 11.6 Å². The summed E-state index contributed by atoms with van der Waals surface area (Å²) in [7, 11) is 1.81. The smallest absolute Gasteiger partial charge is 0.150 e. The number of hydrogen-bond donors (Lipinski definition) is 1. The van der Waals surface area contributed by atoms with Gasteiger partial charge in [-0.1, -0.05) is 30.3 Å². The number of aromatic nitrogens is 2. The second-order valence-electron chi connectivity index (χ2n) is 5.31. The number of nitriles is 1. The minimum Gasteiger partial charge on any atom is -0.367 e. The van der Waals surface area contributed by atoms with Crippen LogP contribution in [0.4, 0.5) is 14.5 Å². The van der Waals surface area contributed by atoms with Gasteiger partial charge in [0.25, 0.3) is 0 Å². The maximum atomic E-state index is 14.2.